The van der Waals surface area contributed by atoms with Crippen LogP contribution < -0.4 is 5.43 Å². The number of aromatic nitrogens is 1. The molecule has 1 rings (SSSR count). The van der Waals surface area contributed by atoms with E-state index in [0.29, 0.717) is 6.21 Å². The van der Waals surface area contributed by atoms with Gasteiger partial charge in [0, 0.05) is 18.0 Å². The van der Waals surface area contributed by atoms with Gasteiger partial charge in [0.05, 0.1) is 6.21 Å². The molecule has 0 radical (unpaired) electrons. The Hall–Kier alpha value is -2.40. The first kappa shape index (κ1) is 17.7. The highest BCUT2D eigenvalue weighted by atomic mass is 16.4. The molecule has 1 aromatic rings. The Morgan fingerprint density at radius 2 is 1.73 bits per heavy atom. The van der Waals surface area contributed by atoms with Crippen molar-refractivity contribution in [2.75, 3.05) is 0 Å². The van der Waals surface area contributed by atoms with Crippen molar-refractivity contribution >= 4 is 18.1 Å². The lowest BCUT2D eigenvalue weighted by atomic mass is 10.0. The van der Waals surface area contributed by atoms with Gasteiger partial charge in [0.15, 0.2) is 6.10 Å². The lowest BCUT2D eigenvalue weighted by Gasteiger charge is -2.22. The number of aliphatic carboxylic acids is 1. The van der Waals surface area contributed by atoms with E-state index in [2.05, 4.69) is 10.1 Å². The molecule has 0 spiro atoms. The molecule has 0 saturated carbocycles. The maximum atomic E-state index is 11.6. The van der Waals surface area contributed by atoms with Gasteiger partial charge in [-0.25, -0.2) is 10.2 Å². The van der Waals surface area contributed by atoms with Crippen molar-refractivity contribution < 1.29 is 35.1 Å². The predicted molar refractivity (Wildman–Crippen MR) is 71.9 cm³/mol. The summed E-state index contributed by atoms with van der Waals surface area (Å²) in [6.07, 6.45) is -4.75. The van der Waals surface area contributed by atoms with Gasteiger partial charge in [0.25, 0.3) is 5.91 Å². The fourth-order valence-electron chi connectivity index (χ4n) is 1.36. The molecule has 0 aliphatic rings. The van der Waals surface area contributed by atoms with Crippen LogP contribution in [0.25, 0.3) is 0 Å². The third-order valence-corrected chi connectivity index (χ3v) is 2.61. The third-order valence-electron chi connectivity index (χ3n) is 2.61. The van der Waals surface area contributed by atoms with Gasteiger partial charge in [-0.3, -0.25) is 9.78 Å². The van der Waals surface area contributed by atoms with Crippen LogP contribution in [0.1, 0.15) is 10.4 Å². The molecule has 22 heavy (non-hydrogen) atoms. The van der Waals surface area contributed by atoms with Gasteiger partial charge in [-0.1, -0.05) is 0 Å². The van der Waals surface area contributed by atoms with Crippen LogP contribution in [-0.2, 0) is 4.79 Å². The molecule has 1 amide bonds. The molecular formula is C12H15N3O7. The van der Waals surface area contributed by atoms with Gasteiger partial charge >= 0.3 is 5.97 Å². The third kappa shape index (κ3) is 4.86. The first-order valence-corrected chi connectivity index (χ1v) is 6.03. The number of nitrogens with zero attached hydrogens (tertiary/aromatic N) is 2. The van der Waals surface area contributed by atoms with E-state index in [-0.39, 0.29) is 5.56 Å². The summed E-state index contributed by atoms with van der Waals surface area (Å²) in [7, 11) is 0. The van der Waals surface area contributed by atoms with E-state index in [4.69, 9.17) is 10.2 Å². The van der Waals surface area contributed by atoms with Crippen molar-refractivity contribution in [2.45, 2.75) is 24.4 Å². The summed E-state index contributed by atoms with van der Waals surface area (Å²) < 4.78 is 0. The van der Waals surface area contributed by atoms with Gasteiger partial charge < -0.3 is 25.5 Å². The quantitative estimate of drug-likeness (QED) is 0.233. The molecular weight excluding hydrogens is 298 g/mol. The van der Waals surface area contributed by atoms with Gasteiger partial charge in [-0.05, 0) is 12.1 Å². The molecule has 0 unspecified atom stereocenters. The van der Waals surface area contributed by atoms with Crippen LogP contribution in [-0.4, -0.2) is 73.0 Å². The smallest absolute Gasteiger partial charge is 0.335 e. The van der Waals surface area contributed by atoms with Crippen molar-refractivity contribution in [2.24, 2.45) is 5.10 Å². The Balaban J connectivity index is 2.55. The van der Waals surface area contributed by atoms with E-state index in [1.54, 1.807) is 0 Å². The van der Waals surface area contributed by atoms with Crippen molar-refractivity contribution in [3.63, 3.8) is 0 Å². The summed E-state index contributed by atoms with van der Waals surface area (Å²) in [6, 6.07) is 2.84. The van der Waals surface area contributed by atoms with Crippen molar-refractivity contribution in [3.8, 4) is 0 Å². The van der Waals surface area contributed by atoms with Crippen LogP contribution in [0, 0.1) is 0 Å². The normalized spacial score (nSPS) is 16.7. The fourth-order valence-corrected chi connectivity index (χ4v) is 1.36. The Labute approximate surface area is 124 Å². The summed E-state index contributed by atoms with van der Waals surface area (Å²) >= 11 is 0. The number of carboxylic acid groups (broad SMARTS) is 1. The zero-order chi connectivity index (χ0) is 16.7. The number of amides is 1. The monoisotopic (exact) mass is 313 g/mol. The maximum Gasteiger partial charge on any atom is 0.335 e. The number of pyridine rings is 1. The Kier molecular flexibility index (Phi) is 6.53. The largest absolute Gasteiger partial charge is 0.479 e. The Morgan fingerprint density at radius 3 is 2.27 bits per heavy atom. The standard InChI is InChI=1S/C12H15N3O7/c16-7(8(17)9(18)10(19)12(21)22)5-14-15-11(20)6-1-3-13-4-2-6/h1-5,7-10,16-19H,(H,15,20)(H,21,22)/t7-,8+,9-,10-/m0/s1. The van der Waals surface area contributed by atoms with E-state index >= 15 is 0 Å². The topological polar surface area (TPSA) is 173 Å². The second-order valence-electron chi connectivity index (χ2n) is 4.21. The minimum atomic E-state index is -2.27. The second-order valence-corrected chi connectivity index (χ2v) is 4.21. The predicted octanol–water partition coefficient (Wildman–Crippen LogP) is -2.67. The van der Waals surface area contributed by atoms with E-state index in [1.807, 2.05) is 5.43 Å². The van der Waals surface area contributed by atoms with Gasteiger partial charge in [0.2, 0.25) is 0 Å². The molecule has 4 atom stereocenters. The number of aliphatic hydroxyl groups is 4. The molecule has 0 saturated heterocycles. The molecule has 10 nitrogen and oxygen atoms in total. The highest BCUT2D eigenvalue weighted by molar-refractivity contribution is 5.94. The lowest BCUT2D eigenvalue weighted by molar-refractivity contribution is -0.160. The Bertz CT molecular complexity index is 537. The molecule has 120 valence electrons. The average Bonchev–Trinajstić information content (AvgIpc) is 2.53. The number of nitrogens with one attached hydrogen (secondary N) is 1. The number of aliphatic hydroxyl groups excluding tert-OH is 4. The van der Waals surface area contributed by atoms with Crippen molar-refractivity contribution in [1.29, 1.82) is 0 Å². The van der Waals surface area contributed by atoms with Crippen LogP contribution in [0.15, 0.2) is 29.6 Å². The number of carbonyl (C=O) groups is 2. The highest BCUT2D eigenvalue weighted by Gasteiger charge is 2.33. The molecule has 0 fully saturated rings. The molecule has 0 aliphatic carbocycles. The number of hydrogen-bond donors (Lipinski definition) is 6. The van der Waals surface area contributed by atoms with E-state index in [9.17, 15) is 24.9 Å². The molecule has 1 heterocycles. The van der Waals surface area contributed by atoms with Crippen LogP contribution in [0.3, 0.4) is 0 Å². The SMILES string of the molecule is O=C(NN=C[C@H](O)[C@@H](O)[C@H](O)[C@H](O)C(=O)O)c1ccncc1. The zero-order valence-electron chi connectivity index (χ0n) is 11.1. The molecule has 6 N–H and O–H groups in total. The number of rotatable bonds is 7. The van der Waals surface area contributed by atoms with Crippen LogP contribution in [0.4, 0.5) is 0 Å². The maximum absolute atomic E-state index is 11.6. The summed E-state index contributed by atoms with van der Waals surface area (Å²) in [5.41, 5.74) is 2.30. The lowest BCUT2D eigenvalue weighted by Crippen LogP contribution is -2.48. The molecule has 10 heteroatoms. The van der Waals surface area contributed by atoms with Crippen LogP contribution in [0.5, 0.6) is 0 Å². The molecule has 0 aliphatic heterocycles. The molecule has 1 aromatic heterocycles. The number of hydrazone groups is 1. The zero-order valence-corrected chi connectivity index (χ0v) is 11.1. The summed E-state index contributed by atoms with van der Waals surface area (Å²) in [5.74, 6) is -2.37. The number of carbonyl (C=O) groups excluding carboxylic acids is 1. The summed E-state index contributed by atoms with van der Waals surface area (Å²) in [5, 5.41) is 49.1. The van der Waals surface area contributed by atoms with Gasteiger partial charge in [-0.15, -0.1) is 0 Å². The van der Waals surface area contributed by atoms with Gasteiger partial charge in [-0.2, -0.15) is 5.10 Å². The second kappa shape index (κ2) is 8.14. The Morgan fingerprint density at radius 1 is 1.14 bits per heavy atom. The van der Waals surface area contributed by atoms with Crippen molar-refractivity contribution in [1.82, 2.24) is 10.4 Å². The number of carboxylic acids is 1. The van der Waals surface area contributed by atoms with E-state index in [0.717, 1.165) is 0 Å². The van der Waals surface area contributed by atoms with E-state index < -0.39 is 36.3 Å². The average molecular weight is 313 g/mol. The highest BCUT2D eigenvalue weighted by Crippen LogP contribution is 2.04. The van der Waals surface area contributed by atoms with Crippen LogP contribution >= 0.6 is 0 Å². The summed E-state index contributed by atoms with van der Waals surface area (Å²) in [6.45, 7) is 0. The minimum absolute atomic E-state index is 0.253. The first-order chi connectivity index (χ1) is 10.3. The van der Waals surface area contributed by atoms with Gasteiger partial charge in [0.1, 0.15) is 18.3 Å². The van der Waals surface area contributed by atoms with Crippen LogP contribution in [0.2, 0.25) is 0 Å². The van der Waals surface area contributed by atoms with E-state index in [1.165, 1.54) is 24.5 Å². The number of hydrogen-bond acceptors (Lipinski definition) is 8. The fraction of sp³-hybridized carbons (Fsp3) is 0.333. The molecule has 0 bridgehead atoms. The minimum Gasteiger partial charge on any atom is -0.479 e. The first-order valence-electron chi connectivity index (χ1n) is 6.03. The van der Waals surface area contributed by atoms with Crippen molar-refractivity contribution in [3.05, 3.63) is 30.1 Å². The summed E-state index contributed by atoms with van der Waals surface area (Å²) in [4.78, 5) is 25.7. The molecule has 0 aromatic carbocycles.